The maximum Gasteiger partial charge on any atom is 0.243 e. The maximum absolute atomic E-state index is 13.0. The van der Waals surface area contributed by atoms with Crippen LogP contribution in [0.5, 0.6) is 0 Å². The Kier molecular flexibility index (Phi) is 4.32. The largest absolute Gasteiger partial charge is 0.306 e. The molecule has 0 spiro atoms. The minimum absolute atomic E-state index is 0.345. The van der Waals surface area contributed by atoms with E-state index in [2.05, 4.69) is 11.9 Å². The molecule has 0 unspecified atom stereocenters. The molecule has 4 rings (SSSR count). The van der Waals surface area contributed by atoms with Gasteiger partial charge < -0.3 is 4.40 Å². The Bertz CT molecular complexity index is 1060. The molecule has 0 saturated carbocycles. The Morgan fingerprint density at radius 1 is 1.19 bits per heavy atom. The van der Waals surface area contributed by atoms with E-state index in [0.717, 1.165) is 35.3 Å². The lowest BCUT2D eigenvalue weighted by Gasteiger charge is -2.30. The molecule has 1 fully saturated rings. The van der Waals surface area contributed by atoms with Crippen LogP contribution >= 0.6 is 0 Å². The third-order valence-corrected chi connectivity index (χ3v) is 6.86. The number of benzene rings is 1. The lowest BCUT2D eigenvalue weighted by molar-refractivity contribution is 0.281. The summed E-state index contributed by atoms with van der Waals surface area (Å²) in [5, 5.41) is 0. The fourth-order valence-corrected chi connectivity index (χ4v) is 5.20. The standard InChI is InChI=1S/C20H23N3O2S/c1-15-8-10-22-14-19(21-20(22)11-15)17-6-3-7-18(12-17)26(24,25)23-9-4-5-16(2)13-23/h3,6-8,10-12,14,16H,4-5,9,13H2,1-2H3/t16-/m0/s1. The van der Waals surface area contributed by atoms with Crippen molar-refractivity contribution in [3.63, 3.8) is 0 Å². The van der Waals surface area contributed by atoms with Crippen molar-refractivity contribution < 1.29 is 8.42 Å². The lowest BCUT2D eigenvalue weighted by Crippen LogP contribution is -2.39. The van der Waals surface area contributed by atoms with E-state index in [-0.39, 0.29) is 0 Å². The van der Waals surface area contributed by atoms with E-state index in [1.165, 1.54) is 0 Å². The van der Waals surface area contributed by atoms with E-state index in [0.29, 0.717) is 23.9 Å². The molecule has 0 aliphatic carbocycles. The Morgan fingerprint density at radius 2 is 2.04 bits per heavy atom. The van der Waals surface area contributed by atoms with Gasteiger partial charge in [0.15, 0.2) is 0 Å². The van der Waals surface area contributed by atoms with E-state index in [1.54, 1.807) is 22.5 Å². The molecule has 0 amide bonds. The van der Waals surface area contributed by atoms with Crippen LogP contribution in [0.25, 0.3) is 16.9 Å². The molecule has 5 nitrogen and oxygen atoms in total. The van der Waals surface area contributed by atoms with Crippen molar-refractivity contribution in [2.45, 2.75) is 31.6 Å². The molecule has 0 bridgehead atoms. The average Bonchev–Trinajstić information content (AvgIpc) is 3.05. The van der Waals surface area contributed by atoms with Crippen LogP contribution < -0.4 is 0 Å². The second-order valence-electron chi connectivity index (χ2n) is 7.23. The maximum atomic E-state index is 13.0. The van der Waals surface area contributed by atoms with E-state index >= 15 is 0 Å². The number of hydrogen-bond acceptors (Lipinski definition) is 3. The molecule has 26 heavy (non-hydrogen) atoms. The van der Waals surface area contributed by atoms with Crippen LogP contribution in [0, 0.1) is 12.8 Å². The SMILES string of the molecule is Cc1ccn2cc(-c3cccc(S(=O)(=O)N4CCC[C@H](C)C4)c3)nc2c1. The summed E-state index contributed by atoms with van der Waals surface area (Å²) in [5.74, 6) is 0.406. The monoisotopic (exact) mass is 369 g/mol. The van der Waals surface area contributed by atoms with Crippen molar-refractivity contribution >= 4 is 15.7 Å². The first-order chi connectivity index (χ1) is 12.4. The summed E-state index contributed by atoms with van der Waals surface area (Å²) in [6.45, 7) is 5.34. The number of imidazole rings is 1. The number of fused-ring (bicyclic) bond motifs is 1. The molecule has 1 aromatic carbocycles. The highest BCUT2D eigenvalue weighted by molar-refractivity contribution is 7.89. The smallest absolute Gasteiger partial charge is 0.243 e. The summed E-state index contributed by atoms with van der Waals surface area (Å²) in [6, 6.07) is 11.2. The first kappa shape index (κ1) is 17.2. The Balaban J connectivity index is 1.71. The molecule has 0 N–H and O–H groups in total. The summed E-state index contributed by atoms with van der Waals surface area (Å²) in [6.07, 6.45) is 5.92. The fraction of sp³-hybridized carbons (Fsp3) is 0.350. The first-order valence-corrected chi connectivity index (χ1v) is 10.4. The summed E-state index contributed by atoms with van der Waals surface area (Å²) in [7, 11) is -3.46. The van der Waals surface area contributed by atoms with E-state index in [1.807, 2.05) is 41.9 Å². The number of pyridine rings is 1. The number of nitrogens with zero attached hydrogens (tertiary/aromatic N) is 3. The number of hydrogen-bond donors (Lipinski definition) is 0. The number of piperidine rings is 1. The average molecular weight is 369 g/mol. The molecule has 1 saturated heterocycles. The normalized spacial score (nSPS) is 19.1. The lowest BCUT2D eigenvalue weighted by atomic mass is 10.0. The minimum atomic E-state index is -3.46. The van der Waals surface area contributed by atoms with E-state index in [9.17, 15) is 8.42 Å². The molecule has 2 aromatic heterocycles. The predicted molar refractivity (Wildman–Crippen MR) is 103 cm³/mol. The second-order valence-corrected chi connectivity index (χ2v) is 9.17. The summed E-state index contributed by atoms with van der Waals surface area (Å²) >= 11 is 0. The quantitative estimate of drug-likeness (QED) is 0.707. The Morgan fingerprint density at radius 3 is 2.85 bits per heavy atom. The summed E-state index contributed by atoms with van der Waals surface area (Å²) in [4.78, 5) is 4.99. The number of aryl methyl sites for hydroxylation is 1. The highest BCUT2D eigenvalue weighted by Crippen LogP contribution is 2.27. The molecular formula is C20H23N3O2S. The van der Waals surface area contributed by atoms with Gasteiger partial charge in [-0.15, -0.1) is 0 Å². The second kappa shape index (κ2) is 6.52. The Hall–Kier alpha value is -2.18. The van der Waals surface area contributed by atoms with Crippen molar-refractivity contribution in [3.8, 4) is 11.3 Å². The van der Waals surface area contributed by atoms with Gasteiger partial charge in [-0.05, 0) is 55.5 Å². The topological polar surface area (TPSA) is 54.7 Å². The zero-order chi connectivity index (χ0) is 18.3. The van der Waals surface area contributed by atoms with Gasteiger partial charge in [-0.2, -0.15) is 4.31 Å². The van der Waals surface area contributed by atoms with Crippen LogP contribution in [0.2, 0.25) is 0 Å². The zero-order valence-electron chi connectivity index (χ0n) is 15.1. The molecule has 1 aliphatic rings. The Labute approximate surface area is 154 Å². The molecule has 1 aliphatic heterocycles. The van der Waals surface area contributed by atoms with Crippen LogP contribution in [0.3, 0.4) is 0 Å². The van der Waals surface area contributed by atoms with E-state index in [4.69, 9.17) is 0 Å². The molecule has 3 aromatic rings. The van der Waals surface area contributed by atoms with Crippen LogP contribution in [0.4, 0.5) is 0 Å². The van der Waals surface area contributed by atoms with Crippen molar-refractivity contribution in [3.05, 3.63) is 54.4 Å². The van der Waals surface area contributed by atoms with Gasteiger partial charge in [-0.1, -0.05) is 19.1 Å². The zero-order valence-corrected chi connectivity index (χ0v) is 15.9. The van der Waals surface area contributed by atoms with E-state index < -0.39 is 10.0 Å². The van der Waals surface area contributed by atoms with Gasteiger partial charge in [0.2, 0.25) is 10.0 Å². The molecule has 136 valence electrons. The van der Waals surface area contributed by atoms with Gasteiger partial charge in [0.1, 0.15) is 5.65 Å². The highest BCUT2D eigenvalue weighted by Gasteiger charge is 2.28. The van der Waals surface area contributed by atoms with Gasteiger partial charge in [0.25, 0.3) is 0 Å². The van der Waals surface area contributed by atoms with Gasteiger partial charge in [-0.3, -0.25) is 0 Å². The molecule has 1 atom stereocenters. The first-order valence-electron chi connectivity index (χ1n) is 8.99. The third-order valence-electron chi connectivity index (χ3n) is 5.00. The van der Waals surface area contributed by atoms with Gasteiger partial charge in [0.05, 0.1) is 10.6 Å². The highest BCUT2D eigenvalue weighted by atomic mass is 32.2. The van der Waals surface area contributed by atoms with Crippen molar-refractivity contribution in [1.29, 1.82) is 0 Å². The van der Waals surface area contributed by atoms with Crippen molar-refractivity contribution in [1.82, 2.24) is 13.7 Å². The number of rotatable bonds is 3. The van der Waals surface area contributed by atoms with Crippen LogP contribution in [0.1, 0.15) is 25.3 Å². The van der Waals surface area contributed by atoms with Gasteiger partial charge in [0, 0.05) is 31.0 Å². The fourth-order valence-electron chi connectivity index (χ4n) is 3.55. The minimum Gasteiger partial charge on any atom is -0.306 e. The van der Waals surface area contributed by atoms with Crippen LogP contribution in [-0.2, 0) is 10.0 Å². The van der Waals surface area contributed by atoms with Crippen molar-refractivity contribution in [2.24, 2.45) is 5.92 Å². The summed E-state index contributed by atoms with van der Waals surface area (Å²) < 4.78 is 29.6. The number of sulfonamides is 1. The number of aromatic nitrogens is 2. The van der Waals surface area contributed by atoms with Crippen LogP contribution in [0.15, 0.2) is 53.7 Å². The van der Waals surface area contributed by atoms with Gasteiger partial charge in [-0.25, -0.2) is 13.4 Å². The molecular weight excluding hydrogens is 346 g/mol. The third kappa shape index (κ3) is 3.15. The molecule has 6 heteroatoms. The summed E-state index contributed by atoms with van der Waals surface area (Å²) in [5.41, 5.74) is 3.60. The van der Waals surface area contributed by atoms with Crippen LogP contribution in [-0.4, -0.2) is 35.2 Å². The molecule has 0 radical (unpaired) electrons. The van der Waals surface area contributed by atoms with Crippen molar-refractivity contribution in [2.75, 3.05) is 13.1 Å². The van der Waals surface area contributed by atoms with Gasteiger partial charge >= 0.3 is 0 Å². The predicted octanol–water partition coefficient (Wildman–Crippen LogP) is 3.73. The molecule has 3 heterocycles.